The van der Waals surface area contributed by atoms with E-state index >= 15 is 0 Å². The molecule has 1 heterocycles. The molecule has 3 aromatic carbocycles. The van der Waals surface area contributed by atoms with E-state index in [9.17, 15) is 0 Å². The molecule has 1 aromatic heterocycles. The lowest BCUT2D eigenvalue weighted by Gasteiger charge is -2.11. The van der Waals surface area contributed by atoms with Crippen molar-refractivity contribution in [3.63, 3.8) is 0 Å². The minimum absolute atomic E-state index is 0.445. The molecule has 0 saturated carbocycles. The van der Waals surface area contributed by atoms with Gasteiger partial charge < -0.3 is 9.15 Å². The van der Waals surface area contributed by atoms with Crippen LogP contribution in [0.15, 0.2) is 114 Å². The Morgan fingerprint density at radius 1 is 0.550 bits per heavy atom. The Labute approximate surface area is 237 Å². The molecule has 0 saturated heterocycles. The van der Waals surface area contributed by atoms with E-state index in [-0.39, 0.29) is 0 Å². The van der Waals surface area contributed by atoms with Gasteiger partial charge in [0.05, 0.1) is 7.11 Å². The van der Waals surface area contributed by atoms with Crippen molar-refractivity contribution in [2.75, 3.05) is 7.11 Å². The SMILES string of the molecule is COc1ccc(-c2oc(-c3ccccc3)c(-c3ccccc3)c2-c2cc(C)c3cc(C(C)C)ccc(C)c2-3)cc1. The highest BCUT2D eigenvalue weighted by molar-refractivity contribution is 6.05. The van der Waals surface area contributed by atoms with Crippen LogP contribution in [0.4, 0.5) is 0 Å². The largest absolute Gasteiger partial charge is 0.497 e. The molecule has 0 unspecified atom stereocenters. The number of rotatable bonds is 6. The Morgan fingerprint density at radius 2 is 1.15 bits per heavy atom. The Balaban J connectivity index is 1.74. The van der Waals surface area contributed by atoms with Gasteiger partial charge in [0.1, 0.15) is 17.3 Å². The smallest absolute Gasteiger partial charge is 0.143 e. The van der Waals surface area contributed by atoms with Gasteiger partial charge in [0.2, 0.25) is 0 Å². The van der Waals surface area contributed by atoms with E-state index in [1.165, 1.54) is 33.4 Å². The third kappa shape index (κ3) is 4.50. The standard InChI is InChI=1S/C38H34O2/c1-24(2)30-17-16-25(3)34-32(23-30)26(4)22-33(34)36-35(27-12-8-6-9-13-27)37(28-14-10-7-11-15-28)40-38(36)29-18-20-31(39-5)21-19-29/h6-24H,1-5H3. The number of ether oxygens (including phenoxy) is 1. The zero-order chi connectivity index (χ0) is 27.8. The van der Waals surface area contributed by atoms with Crippen LogP contribution in [-0.2, 0) is 0 Å². The van der Waals surface area contributed by atoms with Gasteiger partial charge in [0, 0.05) is 22.3 Å². The fourth-order valence-electron chi connectivity index (χ4n) is 5.70. The van der Waals surface area contributed by atoms with Crippen molar-refractivity contribution in [2.24, 2.45) is 0 Å². The summed E-state index contributed by atoms with van der Waals surface area (Å²) in [5.41, 5.74) is 13.1. The van der Waals surface area contributed by atoms with Crippen LogP contribution in [0.25, 0.3) is 56.0 Å². The van der Waals surface area contributed by atoms with Crippen LogP contribution in [0.3, 0.4) is 0 Å². The summed E-state index contributed by atoms with van der Waals surface area (Å²) in [7, 11) is 1.70. The first kappa shape index (κ1) is 25.7. The van der Waals surface area contributed by atoms with Crippen LogP contribution in [-0.4, -0.2) is 7.11 Å². The predicted molar refractivity (Wildman–Crippen MR) is 167 cm³/mol. The minimum Gasteiger partial charge on any atom is -0.497 e. The third-order valence-electron chi connectivity index (χ3n) is 7.85. The second kappa shape index (κ2) is 10.5. The van der Waals surface area contributed by atoms with E-state index in [1.54, 1.807) is 7.11 Å². The van der Waals surface area contributed by atoms with Crippen molar-refractivity contribution in [3.8, 4) is 61.8 Å². The third-order valence-corrected chi connectivity index (χ3v) is 7.85. The fourth-order valence-corrected chi connectivity index (χ4v) is 5.70. The van der Waals surface area contributed by atoms with Crippen molar-refractivity contribution >= 4 is 0 Å². The molecule has 0 spiro atoms. The van der Waals surface area contributed by atoms with Crippen LogP contribution >= 0.6 is 0 Å². The highest BCUT2D eigenvalue weighted by Crippen LogP contribution is 2.52. The highest BCUT2D eigenvalue weighted by atomic mass is 16.5. The van der Waals surface area contributed by atoms with Gasteiger partial charge in [0.15, 0.2) is 0 Å². The molecule has 2 aliphatic rings. The van der Waals surface area contributed by atoms with Crippen LogP contribution in [0.2, 0.25) is 0 Å². The predicted octanol–water partition coefficient (Wildman–Crippen LogP) is 10.8. The van der Waals surface area contributed by atoms with Gasteiger partial charge in [-0.15, -0.1) is 0 Å². The lowest BCUT2D eigenvalue weighted by atomic mass is 9.89. The van der Waals surface area contributed by atoms with E-state index in [4.69, 9.17) is 9.15 Å². The molecule has 0 amide bonds. The first-order valence-electron chi connectivity index (χ1n) is 13.9. The van der Waals surface area contributed by atoms with E-state index in [0.29, 0.717) is 5.92 Å². The molecule has 2 aliphatic carbocycles. The van der Waals surface area contributed by atoms with Crippen molar-refractivity contribution in [2.45, 2.75) is 33.6 Å². The van der Waals surface area contributed by atoms with Gasteiger partial charge in [0.25, 0.3) is 0 Å². The summed E-state index contributed by atoms with van der Waals surface area (Å²) in [4.78, 5) is 0. The number of aryl methyl sites for hydroxylation is 2. The van der Waals surface area contributed by atoms with Crippen LogP contribution in [0, 0.1) is 13.8 Å². The monoisotopic (exact) mass is 522 g/mol. The minimum atomic E-state index is 0.445. The molecular formula is C38H34O2. The average Bonchev–Trinajstić information content (AvgIpc) is 3.47. The maximum absolute atomic E-state index is 6.94. The Hall–Kier alpha value is -4.56. The molecule has 0 radical (unpaired) electrons. The zero-order valence-electron chi connectivity index (χ0n) is 23.8. The number of benzene rings is 3. The van der Waals surface area contributed by atoms with Gasteiger partial charge in [-0.3, -0.25) is 0 Å². The molecule has 198 valence electrons. The van der Waals surface area contributed by atoms with Crippen molar-refractivity contribution in [1.29, 1.82) is 0 Å². The number of hydrogen-bond donors (Lipinski definition) is 0. The summed E-state index contributed by atoms with van der Waals surface area (Å²) in [6.07, 6.45) is 0. The van der Waals surface area contributed by atoms with E-state index in [2.05, 4.69) is 119 Å². The fraction of sp³-hybridized carbons (Fsp3) is 0.158. The first-order valence-corrected chi connectivity index (χ1v) is 13.9. The molecule has 0 bridgehead atoms. The lowest BCUT2D eigenvalue weighted by Crippen LogP contribution is -1.88. The molecule has 0 N–H and O–H groups in total. The number of fused-ring (bicyclic) bond motifs is 1. The summed E-state index contributed by atoms with van der Waals surface area (Å²) in [6, 6.07) is 38.5. The summed E-state index contributed by atoms with van der Waals surface area (Å²) >= 11 is 0. The van der Waals surface area contributed by atoms with E-state index in [0.717, 1.165) is 45.1 Å². The van der Waals surface area contributed by atoms with Gasteiger partial charge in [-0.25, -0.2) is 0 Å². The Bertz CT molecular complexity index is 1740. The molecule has 40 heavy (non-hydrogen) atoms. The zero-order valence-corrected chi connectivity index (χ0v) is 23.8. The second-order valence-electron chi connectivity index (χ2n) is 10.8. The number of methoxy groups -OCH3 is 1. The second-order valence-corrected chi connectivity index (χ2v) is 10.8. The van der Waals surface area contributed by atoms with Crippen LogP contribution < -0.4 is 4.74 Å². The summed E-state index contributed by atoms with van der Waals surface area (Å²) in [5, 5.41) is 0. The summed E-state index contributed by atoms with van der Waals surface area (Å²) < 4.78 is 12.4. The van der Waals surface area contributed by atoms with Gasteiger partial charge in [-0.2, -0.15) is 0 Å². The maximum Gasteiger partial charge on any atom is 0.143 e. The molecule has 0 aliphatic heterocycles. The number of hydrogen-bond acceptors (Lipinski definition) is 2. The van der Waals surface area contributed by atoms with E-state index in [1.807, 2.05) is 18.2 Å². The number of furan rings is 1. The normalized spacial score (nSPS) is 11.3. The summed E-state index contributed by atoms with van der Waals surface area (Å²) in [5.74, 6) is 3.01. The molecule has 0 atom stereocenters. The quantitative estimate of drug-likeness (QED) is 0.217. The average molecular weight is 523 g/mol. The molecule has 6 rings (SSSR count). The first-order chi connectivity index (χ1) is 19.5. The van der Waals surface area contributed by atoms with Crippen molar-refractivity contribution in [3.05, 3.63) is 126 Å². The van der Waals surface area contributed by atoms with Gasteiger partial charge >= 0.3 is 0 Å². The molecule has 2 heteroatoms. The van der Waals surface area contributed by atoms with Crippen LogP contribution in [0.1, 0.15) is 36.5 Å². The van der Waals surface area contributed by atoms with Gasteiger partial charge in [-0.1, -0.05) is 98.8 Å². The molecule has 4 aromatic rings. The highest BCUT2D eigenvalue weighted by Gasteiger charge is 2.29. The van der Waals surface area contributed by atoms with E-state index < -0.39 is 0 Å². The molecule has 2 nitrogen and oxygen atoms in total. The Kier molecular flexibility index (Phi) is 6.77. The topological polar surface area (TPSA) is 22.4 Å². The lowest BCUT2D eigenvalue weighted by molar-refractivity contribution is 0.415. The van der Waals surface area contributed by atoms with Crippen molar-refractivity contribution < 1.29 is 9.15 Å². The molecule has 0 fully saturated rings. The summed E-state index contributed by atoms with van der Waals surface area (Å²) in [6.45, 7) is 8.96. The van der Waals surface area contributed by atoms with Crippen LogP contribution in [0.5, 0.6) is 5.75 Å². The van der Waals surface area contributed by atoms with Gasteiger partial charge in [-0.05, 0) is 83.0 Å². The van der Waals surface area contributed by atoms with Crippen molar-refractivity contribution in [1.82, 2.24) is 0 Å². The maximum atomic E-state index is 6.94. The molecular weight excluding hydrogens is 488 g/mol. The Morgan fingerprint density at radius 3 is 1.77 bits per heavy atom.